The van der Waals surface area contributed by atoms with Gasteiger partial charge in [-0.3, -0.25) is 9.69 Å². The van der Waals surface area contributed by atoms with Crippen molar-refractivity contribution in [1.29, 1.82) is 0 Å². The molecule has 0 bridgehead atoms. The first kappa shape index (κ1) is 23.8. The van der Waals surface area contributed by atoms with Crippen LogP contribution in [-0.4, -0.2) is 46.8 Å². The van der Waals surface area contributed by atoms with E-state index in [-0.39, 0.29) is 10.9 Å². The molecule has 1 aliphatic heterocycles. The zero-order valence-corrected chi connectivity index (χ0v) is 19.9. The fourth-order valence-corrected chi connectivity index (χ4v) is 3.55. The quantitative estimate of drug-likeness (QED) is 0.408. The molecule has 0 saturated carbocycles. The topological polar surface area (TPSA) is 74.2 Å². The van der Waals surface area contributed by atoms with Gasteiger partial charge >= 0.3 is 6.03 Å². The number of hydrogen-bond donors (Lipinski definition) is 1. The van der Waals surface area contributed by atoms with Crippen LogP contribution in [0.5, 0.6) is 5.75 Å². The van der Waals surface area contributed by atoms with Gasteiger partial charge in [-0.05, 0) is 30.3 Å². The maximum absolute atomic E-state index is 12.8. The van der Waals surface area contributed by atoms with E-state index < -0.39 is 21.9 Å². The second-order valence-electron chi connectivity index (χ2n) is 6.32. The zero-order valence-electron chi connectivity index (χ0n) is 16.1. The van der Waals surface area contributed by atoms with Crippen molar-refractivity contribution >= 4 is 87.2 Å². The van der Waals surface area contributed by atoms with E-state index in [4.69, 9.17) is 62.7 Å². The average Bonchev–Trinajstić information content (AvgIpc) is 2.92. The molecule has 0 radical (unpaired) electrons. The van der Waals surface area contributed by atoms with Crippen molar-refractivity contribution in [3.8, 4) is 5.75 Å². The highest BCUT2D eigenvalue weighted by Gasteiger charge is 2.44. The van der Waals surface area contributed by atoms with Gasteiger partial charge in [-0.1, -0.05) is 70.1 Å². The van der Waals surface area contributed by atoms with Crippen LogP contribution in [-0.2, 0) is 4.79 Å². The van der Waals surface area contributed by atoms with E-state index in [9.17, 15) is 9.59 Å². The summed E-state index contributed by atoms with van der Waals surface area (Å²) in [7, 11) is 2.76. The number of rotatable bonds is 5. The fourth-order valence-electron chi connectivity index (χ4n) is 2.78. The van der Waals surface area contributed by atoms with Gasteiger partial charge in [-0.15, -0.1) is 0 Å². The lowest BCUT2D eigenvalue weighted by molar-refractivity contribution is -0.119. The van der Waals surface area contributed by atoms with Crippen LogP contribution in [0.15, 0.2) is 47.5 Å². The van der Waals surface area contributed by atoms with Crippen molar-refractivity contribution in [3.63, 3.8) is 0 Å². The van der Waals surface area contributed by atoms with E-state index in [1.165, 1.54) is 20.2 Å². The second kappa shape index (κ2) is 9.30. The minimum Gasteiger partial charge on any atom is -0.495 e. The maximum atomic E-state index is 12.8. The Morgan fingerprint density at radius 2 is 1.77 bits per heavy atom. The Kier molecular flexibility index (Phi) is 7.13. The molecule has 1 atom stereocenters. The van der Waals surface area contributed by atoms with Gasteiger partial charge in [0.25, 0.3) is 5.91 Å². The number of carbonyl (C=O) groups is 2. The molecule has 31 heavy (non-hydrogen) atoms. The van der Waals surface area contributed by atoms with Crippen LogP contribution < -0.4 is 15.0 Å². The Morgan fingerprint density at radius 3 is 2.39 bits per heavy atom. The van der Waals surface area contributed by atoms with Crippen molar-refractivity contribution < 1.29 is 14.3 Å². The molecule has 1 fully saturated rings. The van der Waals surface area contributed by atoms with Crippen LogP contribution in [0.3, 0.4) is 0 Å². The summed E-state index contributed by atoms with van der Waals surface area (Å²) in [6.07, 6.45) is -1.29. The van der Waals surface area contributed by atoms with Crippen molar-refractivity contribution in [2.45, 2.75) is 9.96 Å². The lowest BCUT2D eigenvalue weighted by Gasteiger charge is -2.25. The van der Waals surface area contributed by atoms with E-state index in [1.54, 1.807) is 36.4 Å². The normalized spacial score (nSPS) is 16.8. The highest BCUT2D eigenvalue weighted by atomic mass is 35.6. The third kappa shape index (κ3) is 4.96. The smallest absolute Gasteiger partial charge is 0.337 e. The van der Waals surface area contributed by atoms with Gasteiger partial charge in [0.15, 0.2) is 6.17 Å². The monoisotopic (exact) mass is 522 g/mol. The lowest BCUT2D eigenvalue weighted by Crippen LogP contribution is -2.38. The predicted molar refractivity (Wildman–Crippen MR) is 125 cm³/mol. The first-order valence-corrected chi connectivity index (χ1v) is 10.5. The number of ether oxygens (including phenoxy) is 1. The molecule has 1 aliphatic rings. The molecular formula is C19H15Cl5N4O3. The van der Waals surface area contributed by atoms with Crippen LogP contribution in [0.4, 0.5) is 16.2 Å². The van der Waals surface area contributed by atoms with Crippen LogP contribution in [0, 0.1) is 0 Å². The van der Waals surface area contributed by atoms with Gasteiger partial charge in [-0.2, -0.15) is 0 Å². The summed E-state index contributed by atoms with van der Waals surface area (Å²) in [5.74, 6) is -0.587. The number of anilines is 2. The Labute approximate surface area is 203 Å². The molecule has 0 spiro atoms. The fraction of sp³-hybridized carbons (Fsp3) is 0.211. The number of imide groups is 1. The third-order valence-electron chi connectivity index (χ3n) is 4.30. The van der Waals surface area contributed by atoms with Crippen LogP contribution in [0.25, 0.3) is 0 Å². The SMILES string of the molecule is COc1ccccc1N1C(=O)N(C)C(=O)C1=NC(Nc1ccc(Cl)cc1Cl)C(Cl)(Cl)Cl. The van der Waals surface area contributed by atoms with Gasteiger partial charge in [0, 0.05) is 12.1 Å². The Bertz CT molecular complexity index is 1060. The van der Waals surface area contributed by atoms with Gasteiger partial charge in [0.2, 0.25) is 9.63 Å². The van der Waals surface area contributed by atoms with Gasteiger partial charge in [0.05, 0.1) is 23.5 Å². The predicted octanol–water partition coefficient (Wildman–Crippen LogP) is 5.61. The molecular weight excluding hydrogens is 509 g/mol. The van der Waals surface area contributed by atoms with Gasteiger partial charge < -0.3 is 10.1 Å². The van der Waals surface area contributed by atoms with Crippen molar-refractivity contribution in [2.24, 2.45) is 4.99 Å². The van der Waals surface area contributed by atoms with E-state index in [0.717, 1.165) is 9.80 Å². The summed E-state index contributed by atoms with van der Waals surface area (Å²) in [6.45, 7) is 0. The number of methoxy groups -OCH3 is 1. The number of amides is 3. The summed E-state index contributed by atoms with van der Waals surface area (Å²) in [5, 5.41) is 3.54. The molecule has 164 valence electrons. The first-order valence-electron chi connectivity index (χ1n) is 8.66. The molecule has 2 aromatic carbocycles. The molecule has 1 saturated heterocycles. The maximum Gasteiger partial charge on any atom is 0.337 e. The largest absolute Gasteiger partial charge is 0.495 e. The second-order valence-corrected chi connectivity index (χ2v) is 9.53. The van der Waals surface area contributed by atoms with Crippen LogP contribution >= 0.6 is 58.0 Å². The number of urea groups is 1. The lowest BCUT2D eigenvalue weighted by atomic mass is 10.2. The number of amidine groups is 1. The number of halogens is 5. The standard InChI is InChI=1S/C19H15Cl5N4O3/c1-27-16(29)15(28(18(27)30)13-5-3-4-6-14(13)31-2)26-17(19(22,23)24)25-12-8-7-10(20)9-11(12)21/h3-9,17,25H,1-2H3. The molecule has 3 rings (SSSR count). The number of hydrogen-bond acceptors (Lipinski definition) is 5. The van der Waals surface area contributed by atoms with E-state index in [0.29, 0.717) is 22.1 Å². The molecule has 0 aromatic heterocycles. The van der Waals surface area contributed by atoms with Crippen molar-refractivity contribution in [3.05, 3.63) is 52.5 Å². The minimum atomic E-state index is -2.01. The van der Waals surface area contributed by atoms with Crippen LogP contribution in [0.1, 0.15) is 0 Å². The number of alkyl halides is 3. The number of benzene rings is 2. The zero-order chi connectivity index (χ0) is 22.9. The highest BCUT2D eigenvalue weighted by Crippen LogP contribution is 2.37. The summed E-state index contributed by atoms with van der Waals surface area (Å²) >= 11 is 30.5. The minimum absolute atomic E-state index is 0.250. The molecule has 7 nitrogen and oxygen atoms in total. The van der Waals surface area contributed by atoms with Crippen molar-refractivity contribution in [1.82, 2.24) is 4.90 Å². The molecule has 1 unspecified atom stereocenters. The molecule has 1 N–H and O–H groups in total. The van der Waals surface area contributed by atoms with E-state index in [2.05, 4.69) is 10.3 Å². The number of nitrogens with zero attached hydrogens (tertiary/aromatic N) is 3. The third-order valence-corrected chi connectivity index (χ3v) is 5.46. The summed E-state index contributed by atoms with van der Waals surface area (Å²) in [5.41, 5.74) is 0.666. The molecule has 0 aliphatic carbocycles. The van der Waals surface area contributed by atoms with E-state index >= 15 is 0 Å². The number of nitrogens with one attached hydrogen (secondary N) is 1. The number of aliphatic imine (C=N–C) groups is 1. The highest BCUT2D eigenvalue weighted by molar-refractivity contribution is 6.68. The number of likely N-dealkylation sites (N-methyl/N-ethyl adjacent to an activating group) is 1. The first-order chi connectivity index (χ1) is 14.5. The number of para-hydroxylation sites is 2. The van der Waals surface area contributed by atoms with Gasteiger partial charge in [-0.25, -0.2) is 14.7 Å². The Morgan fingerprint density at radius 1 is 1.10 bits per heavy atom. The summed E-state index contributed by atoms with van der Waals surface area (Å²) in [4.78, 5) is 31.9. The van der Waals surface area contributed by atoms with E-state index in [1.807, 2.05) is 0 Å². The van der Waals surface area contributed by atoms with Gasteiger partial charge in [0.1, 0.15) is 5.75 Å². The van der Waals surface area contributed by atoms with Crippen LogP contribution in [0.2, 0.25) is 10.0 Å². The Hall–Kier alpha value is -1.90. The number of carbonyl (C=O) groups excluding carboxylic acids is 2. The Balaban J connectivity index is 2.10. The molecule has 3 amide bonds. The average molecular weight is 525 g/mol. The molecule has 2 aromatic rings. The molecule has 1 heterocycles. The summed E-state index contributed by atoms with van der Waals surface area (Å²) in [6, 6.07) is 10.7. The summed E-state index contributed by atoms with van der Waals surface area (Å²) < 4.78 is 3.31. The van der Waals surface area contributed by atoms with Crippen molar-refractivity contribution in [2.75, 3.05) is 24.4 Å². The molecule has 12 heteroatoms.